The highest BCUT2D eigenvalue weighted by molar-refractivity contribution is 7.09. The van der Waals surface area contributed by atoms with Gasteiger partial charge in [0, 0.05) is 30.8 Å². The number of nitrogens with zero attached hydrogens (tertiary/aromatic N) is 2. The molecule has 142 valence electrons. The van der Waals surface area contributed by atoms with Crippen molar-refractivity contribution < 1.29 is 9.59 Å². The van der Waals surface area contributed by atoms with Crippen molar-refractivity contribution in [1.82, 2.24) is 15.2 Å². The number of likely N-dealkylation sites (tertiary alicyclic amines) is 1. The number of carbonyl (C=O) groups excluding carboxylic acids is 2. The summed E-state index contributed by atoms with van der Waals surface area (Å²) in [5.74, 6) is -0.108. The molecule has 0 spiro atoms. The highest BCUT2D eigenvalue weighted by Gasteiger charge is 2.38. The maximum absolute atomic E-state index is 12.5. The number of benzene rings is 1. The monoisotopic (exact) mass is 383 g/mol. The lowest BCUT2D eigenvalue weighted by Gasteiger charge is -2.23. The Labute approximate surface area is 163 Å². The Morgan fingerprint density at radius 1 is 1.22 bits per heavy atom. The van der Waals surface area contributed by atoms with Crippen LogP contribution in [0.15, 0.2) is 35.7 Å². The zero-order valence-electron chi connectivity index (χ0n) is 15.4. The van der Waals surface area contributed by atoms with E-state index in [0.717, 1.165) is 30.0 Å². The van der Waals surface area contributed by atoms with Crippen LogP contribution >= 0.6 is 11.3 Å². The maximum Gasteiger partial charge on any atom is 0.225 e. The van der Waals surface area contributed by atoms with Crippen LogP contribution in [0.4, 0.5) is 0 Å². The van der Waals surface area contributed by atoms with Crippen LogP contribution < -0.4 is 5.32 Å². The van der Waals surface area contributed by atoms with Gasteiger partial charge in [0.2, 0.25) is 11.8 Å². The fourth-order valence-electron chi connectivity index (χ4n) is 4.08. The lowest BCUT2D eigenvalue weighted by Crippen LogP contribution is -2.36. The van der Waals surface area contributed by atoms with E-state index in [9.17, 15) is 9.59 Å². The highest BCUT2D eigenvalue weighted by Crippen LogP contribution is 2.29. The first-order valence-electron chi connectivity index (χ1n) is 9.73. The van der Waals surface area contributed by atoms with E-state index < -0.39 is 0 Å². The Kier molecular flexibility index (Phi) is 5.53. The summed E-state index contributed by atoms with van der Waals surface area (Å²) in [5, 5.41) is 6.03. The molecule has 1 aliphatic heterocycles. The molecule has 1 aliphatic carbocycles. The van der Waals surface area contributed by atoms with Gasteiger partial charge in [-0.2, -0.15) is 0 Å². The lowest BCUT2D eigenvalue weighted by atomic mass is 10.1. The standard InChI is InChI=1S/C21H25N3O2S/c25-20-11-16(13-24(20)18-8-4-5-9-18)21(26)22-12-17-14-27-19(23-17)10-15-6-2-1-3-7-15/h1-3,6-7,14,16,18H,4-5,8-13H2,(H,22,26)/t16-/m1/s1. The summed E-state index contributed by atoms with van der Waals surface area (Å²) in [5.41, 5.74) is 2.12. The normalized spacial score (nSPS) is 20.4. The summed E-state index contributed by atoms with van der Waals surface area (Å²) < 4.78 is 0. The van der Waals surface area contributed by atoms with Crippen LogP contribution in [0.5, 0.6) is 0 Å². The second-order valence-corrected chi connectivity index (χ2v) is 8.44. The molecule has 6 heteroatoms. The van der Waals surface area contributed by atoms with E-state index in [2.05, 4.69) is 22.4 Å². The van der Waals surface area contributed by atoms with E-state index in [1.54, 1.807) is 11.3 Å². The summed E-state index contributed by atoms with van der Waals surface area (Å²) in [6.45, 7) is 1.00. The van der Waals surface area contributed by atoms with Crippen molar-refractivity contribution in [1.29, 1.82) is 0 Å². The first kappa shape index (κ1) is 18.2. The van der Waals surface area contributed by atoms with Crippen molar-refractivity contribution in [2.45, 2.75) is 51.1 Å². The van der Waals surface area contributed by atoms with Crippen LogP contribution in [0, 0.1) is 5.92 Å². The quantitative estimate of drug-likeness (QED) is 0.834. The van der Waals surface area contributed by atoms with E-state index in [-0.39, 0.29) is 17.7 Å². The number of thiazole rings is 1. The van der Waals surface area contributed by atoms with Crippen LogP contribution in [0.3, 0.4) is 0 Å². The Bertz CT molecular complexity index is 799. The fourth-order valence-corrected chi connectivity index (χ4v) is 4.91. The number of rotatable bonds is 6. The molecule has 2 fully saturated rings. The van der Waals surface area contributed by atoms with Crippen LogP contribution in [-0.2, 0) is 22.6 Å². The smallest absolute Gasteiger partial charge is 0.225 e. The molecule has 5 nitrogen and oxygen atoms in total. The van der Waals surface area contributed by atoms with Gasteiger partial charge in [-0.05, 0) is 18.4 Å². The van der Waals surface area contributed by atoms with Crippen LogP contribution in [0.1, 0.15) is 48.4 Å². The Morgan fingerprint density at radius 2 is 2.00 bits per heavy atom. The molecular weight excluding hydrogens is 358 g/mol. The van der Waals surface area contributed by atoms with Gasteiger partial charge in [0.05, 0.1) is 23.2 Å². The van der Waals surface area contributed by atoms with Crippen molar-refractivity contribution in [2.24, 2.45) is 5.92 Å². The zero-order chi connectivity index (χ0) is 18.6. The molecule has 2 aliphatic rings. The number of nitrogens with one attached hydrogen (secondary N) is 1. The van der Waals surface area contributed by atoms with Crippen molar-refractivity contribution in [3.63, 3.8) is 0 Å². The number of hydrogen-bond donors (Lipinski definition) is 1. The average molecular weight is 384 g/mol. The topological polar surface area (TPSA) is 62.3 Å². The first-order chi connectivity index (χ1) is 13.2. The highest BCUT2D eigenvalue weighted by atomic mass is 32.1. The molecule has 0 radical (unpaired) electrons. The van der Waals surface area contributed by atoms with Crippen molar-refractivity contribution in [2.75, 3.05) is 6.54 Å². The summed E-state index contributed by atoms with van der Waals surface area (Å²) in [6, 6.07) is 10.6. The van der Waals surface area contributed by atoms with Gasteiger partial charge >= 0.3 is 0 Å². The van der Waals surface area contributed by atoms with Gasteiger partial charge in [0.1, 0.15) is 0 Å². The SMILES string of the molecule is O=C(NCc1csc(Cc2ccccc2)n1)[C@@H]1CC(=O)N(C2CCCC2)C1. The number of hydrogen-bond acceptors (Lipinski definition) is 4. The van der Waals surface area contributed by atoms with Gasteiger partial charge in [-0.3, -0.25) is 9.59 Å². The number of aromatic nitrogens is 1. The van der Waals surface area contributed by atoms with Crippen molar-refractivity contribution in [3.05, 3.63) is 52.0 Å². The summed E-state index contributed by atoms with van der Waals surface area (Å²) in [7, 11) is 0. The van der Waals surface area contributed by atoms with Gasteiger partial charge in [0.25, 0.3) is 0 Å². The van der Waals surface area contributed by atoms with Crippen molar-refractivity contribution in [3.8, 4) is 0 Å². The van der Waals surface area contributed by atoms with Gasteiger partial charge < -0.3 is 10.2 Å². The third-order valence-electron chi connectivity index (χ3n) is 5.54. The Balaban J connectivity index is 1.28. The molecule has 1 saturated carbocycles. The molecule has 1 aromatic heterocycles. The van der Waals surface area contributed by atoms with Crippen molar-refractivity contribution >= 4 is 23.2 Å². The molecule has 0 bridgehead atoms. The van der Waals surface area contributed by atoms with Crippen LogP contribution in [0.2, 0.25) is 0 Å². The fraction of sp³-hybridized carbons (Fsp3) is 0.476. The third-order valence-corrected chi connectivity index (χ3v) is 6.43. The molecule has 2 aromatic rings. The molecule has 2 heterocycles. The zero-order valence-corrected chi connectivity index (χ0v) is 16.2. The van der Waals surface area contributed by atoms with Gasteiger partial charge in [-0.1, -0.05) is 43.2 Å². The molecule has 0 unspecified atom stereocenters. The van der Waals surface area contributed by atoms with Gasteiger partial charge in [-0.25, -0.2) is 4.98 Å². The number of amides is 2. The van der Waals surface area contributed by atoms with E-state index in [1.807, 2.05) is 28.5 Å². The minimum Gasteiger partial charge on any atom is -0.350 e. The second-order valence-electron chi connectivity index (χ2n) is 7.50. The predicted octanol–water partition coefficient (Wildman–Crippen LogP) is 3.14. The minimum absolute atomic E-state index is 0.0264. The third kappa shape index (κ3) is 4.38. The average Bonchev–Trinajstić information content (AvgIpc) is 3.41. The summed E-state index contributed by atoms with van der Waals surface area (Å²) in [4.78, 5) is 31.3. The van der Waals surface area contributed by atoms with E-state index >= 15 is 0 Å². The second kappa shape index (κ2) is 8.21. The molecule has 1 atom stereocenters. The molecule has 1 saturated heterocycles. The van der Waals surface area contributed by atoms with Gasteiger partial charge in [-0.15, -0.1) is 11.3 Å². The Hall–Kier alpha value is -2.21. The van der Waals surface area contributed by atoms with E-state index in [1.165, 1.54) is 18.4 Å². The molecular formula is C21H25N3O2S. The summed E-state index contributed by atoms with van der Waals surface area (Å²) in [6.07, 6.45) is 5.72. The minimum atomic E-state index is -0.222. The van der Waals surface area contributed by atoms with Gasteiger partial charge in [0.15, 0.2) is 0 Å². The molecule has 4 rings (SSSR count). The maximum atomic E-state index is 12.5. The van der Waals surface area contributed by atoms with E-state index in [4.69, 9.17) is 0 Å². The van der Waals surface area contributed by atoms with Crippen LogP contribution in [0.25, 0.3) is 0 Å². The first-order valence-corrected chi connectivity index (χ1v) is 10.6. The number of carbonyl (C=O) groups is 2. The molecule has 27 heavy (non-hydrogen) atoms. The molecule has 1 N–H and O–H groups in total. The lowest BCUT2D eigenvalue weighted by molar-refractivity contribution is -0.130. The van der Waals surface area contributed by atoms with Crippen LogP contribution in [-0.4, -0.2) is 34.3 Å². The molecule has 2 amide bonds. The largest absolute Gasteiger partial charge is 0.350 e. The predicted molar refractivity (Wildman–Crippen MR) is 105 cm³/mol. The summed E-state index contributed by atoms with van der Waals surface area (Å²) >= 11 is 1.62. The Morgan fingerprint density at radius 3 is 2.78 bits per heavy atom. The van der Waals surface area contributed by atoms with E-state index in [0.29, 0.717) is 25.6 Å². The molecule has 1 aromatic carbocycles.